The summed E-state index contributed by atoms with van der Waals surface area (Å²) in [4.78, 5) is 27.2. The molecule has 27 heavy (non-hydrogen) atoms. The molecule has 6 nitrogen and oxygen atoms in total. The van der Waals surface area contributed by atoms with E-state index >= 15 is 0 Å². The number of furan rings is 1. The fraction of sp³-hybridized carbons (Fsp3) is 0.333. The molecule has 6 heteroatoms. The summed E-state index contributed by atoms with van der Waals surface area (Å²) in [7, 11) is 0. The Balaban J connectivity index is 2.14. The fourth-order valence-electron chi connectivity index (χ4n) is 3.29. The predicted octanol–water partition coefficient (Wildman–Crippen LogP) is 4.06. The summed E-state index contributed by atoms with van der Waals surface area (Å²) in [5.74, 6) is -0.945. The van der Waals surface area contributed by atoms with E-state index in [0.717, 1.165) is 0 Å². The van der Waals surface area contributed by atoms with Crippen LogP contribution in [0.3, 0.4) is 0 Å². The van der Waals surface area contributed by atoms with E-state index < -0.39 is 23.5 Å². The summed E-state index contributed by atoms with van der Waals surface area (Å²) in [6.45, 7) is 6.15. The van der Waals surface area contributed by atoms with Crippen molar-refractivity contribution >= 4 is 11.7 Å². The number of aliphatic hydroxyl groups excluding tert-OH is 1. The van der Waals surface area contributed by atoms with Crippen molar-refractivity contribution in [2.75, 3.05) is 6.54 Å². The maximum atomic E-state index is 13.0. The Kier molecular flexibility index (Phi) is 5.35. The number of para-hydroxylation sites is 1. The Labute approximate surface area is 158 Å². The number of hydrogen-bond donors (Lipinski definition) is 1. The van der Waals surface area contributed by atoms with Crippen LogP contribution in [-0.4, -0.2) is 34.3 Å². The summed E-state index contributed by atoms with van der Waals surface area (Å²) in [6, 6.07) is 9.64. The first kappa shape index (κ1) is 18.8. The minimum absolute atomic E-state index is 0.0169. The molecule has 0 saturated heterocycles. The van der Waals surface area contributed by atoms with E-state index in [-0.39, 0.29) is 17.4 Å². The summed E-state index contributed by atoms with van der Waals surface area (Å²) in [6.07, 6.45) is 1.99. The van der Waals surface area contributed by atoms with Crippen LogP contribution in [0.25, 0.3) is 0 Å². The highest BCUT2D eigenvalue weighted by molar-refractivity contribution is 6.15. The number of hydrogen-bond acceptors (Lipinski definition) is 5. The number of rotatable bonds is 7. The Morgan fingerprint density at radius 2 is 2.00 bits per heavy atom. The van der Waals surface area contributed by atoms with Gasteiger partial charge in [-0.2, -0.15) is 0 Å². The van der Waals surface area contributed by atoms with Crippen molar-refractivity contribution in [3.8, 4) is 5.75 Å². The molecule has 142 valence electrons. The minimum atomic E-state index is -0.731. The molecule has 0 saturated carbocycles. The van der Waals surface area contributed by atoms with Gasteiger partial charge in [-0.25, -0.2) is 0 Å². The van der Waals surface area contributed by atoms with Gasteiger partial charge < -0.3 is 19.2 Å². The molecule has 0 radical (unpaired) electrons. The van der Waals surface area contributed by atoms with Gasteiger partial charge in [0.1, 0.15) is 5.75 Å². The molecule has 1 amide bonds. The van der Waals surface area contributed by atoms with Crippen LogP contribution in [0.1, 0.15) is 49.4 Å². The number of benzene rings is 1. The van der Waals surface area contributed by atoms with E-state index in [1.165, 1.54) is 17.2 Å². The molecular weight excluding hydrogens is 346 g/mol. The maximum Gasteiger partial charge on any atom is 0.290 e. The van der Waals surface area contributed by atoms with Crippen LogP contribution < -0.4 is 4.74 Å². The van der Waals surface area contributed by atoms with Gasteiger partial charge in [-0.05, 0) is 38.5 Å². The molecule has 1 atom stereocenters. The van der Waals surface area contributed by atoms with Gasteiger partial charge in [0, 0.05) is 12.1 Å². The smallest absolute Gasteiger partial charge is 0.290 e. The first-order valence-corrected chi connectivity index (χ1v) is 9.03. The topological polar surface area (TPSA) is 80.0 Å². The van der Waals surface area contributed by atoms with Gasteiger partial charge in [-0.15, -0.1) is 0 Å². The Hall–Kier alpha value is -3.02. The van der Waals surface area contributed by atoms with E-state index in [4.69, 9.17) is 9.15 Å². The van der Waals surface area contributed by atoms with E-state index in [9.17, 15) is 14.7 Å². The lowest BCUT2D eigenvalue weighted by Crippen LogP contribution is -2.32. The molecule has 0 fully saturated rings. The molecule has 1 aliphatic rings. The second-order valence-corrected chi connectivity index (χ2v) is 6.67. The van der Waals surface area contributed by atoms with Crippen LogP contribution in [0.15, 0.2) is 58.4 Å². The van der Waals surface area contributed by atoms with Crippen molar-refractivity contribution in [3.63, 3.8) is 0 Å². The molecule has 1 N–H and O–H groups in total. The maximum absolute atomic E-state index is 13.0. The highest BCUT2D eigenvalue weighted by atomic mass is 16.5. The first-order valence-electron chi connectivity index (χ1n) is 9.03. The van der Waals surface area contributed by atoms with E-state index in [0.29, 0.717) is 24.3 Å². The summed E-state index contributed by atoms with van der Waals surface area (Å²) < 4.78 is 11.1. The molecule has 2 aromatic rings. The van der Waals surface area contributed by atoms with Crippen molar-refractivity contribution in [2.45, 2.75) is 39.3 Å². The van der Waals surface area contributed by atoms with E-state index in [2.05, 4.69) is 0 Å². The third kappa shape index (κ3) is 3.47. The molecule has 0 bridgehead atoms. The molecule has 2 heterocycles. The molecule has 1 unspecified atom stereocenters. The van der Waals surface area contributed by atoms with Crippen LogP contribution >= 0.6 is 0 Å². The number of aliphatic hydroxyl groups is 1. The van der Waals surface area contributed by atoms with E-state index in [1.54, 1.807) is 12.1 Å². The average molecular weight is 369 g/mol. The van der Waals surface area contributed by atoms with Crippen molar-refractivity contribution < 1.29 is 23.8 Å². The number of Topliss-reactive ketones (excluding diaryl/α,β-unsaturated/α-hetero) is 1. The third-order valence-electron chi connectivity index (χ3n) is 4.33. The van der Waals surface area contributed by atoms with Gasteiger partial charge in [0.15, 0.2) is 11.5 Å². The minimum Gasteiger partial charge on any atom is -0.503 e. The lowest BCUT2D eigenvalue weighted by atomic mass is 9.94. The van der Waals surface area contributed by atoms with Gasteiger partial charge in [0.05, 0.1) is 24.0 Å². The zero-order valence-corrected chi connectivity index (χ0v) is 15.6. The Morgan fingerprint density at radius 1 is 1.26 bits per heavy atom. The quantitative estimate of drug-likeness (QED) is 0.745. The summed E-state index contributed by atoms with van der Waals surface area (Å²) in [5.41, 5.74) is 0.676. The summed E-state index contributed by atoms with van der Waals surface area (Å²) in [5, 5.41) is 10.5. The number of amides is 1. The Morgan fingerprint density at radius 3 is 2.63 bits per heavy atom. The van der Waals surface area contributed by atoms with Gasteiger partial charge in [-0.3, -0.25) is 9.59 Å². The first-order chi connectivity index (χ1) is 13.0. The van der Waals surface area contributed by atoms with Crippen molar-refractivity contribution in [2.24, 2.45) is 0 Å². The average Bonchev–Trinajstić information content (AvgIpc) is 3.25. The van der Waals surface area contributed by atoms with Gasteiger partial charge in [0.25, 0.3) is 5.91 Å². The zero-order chi connectivity index (χ0) is 19.6. The monoisotopic (exact) mass is 369 g/mol. The number of carbonyl (C=O) groups is 2. The second-order valence-electron chi connectivity index (χ2n) is 6.67. The normalized spacial score (nSPS) is 17.1. The molecule has 1 aromatic carbocycles. The van der Waals surface area contributed by atoms with Crippen LogP contribution in [-0.2, 0) is 4.79 Å². The molecule has 0 spiro atoms. The molecule has 3 rings (SSSR count). The zero-order valence-electron chi connectivity index (χ0n) is 15.6. The molecule has 1 aliphatic heterocycles. The van der Waals surface area contributed by atoms with Gasteiger partial charge in [-0.1, -0.05) is 25.1 Å². The highest BCUT2D eigenvalue weighted by Gasteiger charge is 2.45. The van der Waals surface area contributed by atoms with E-state index in [1.807, 2.05) is 39.0 Å². The lowest BCUT2D eigenvalue weighted by molar-refractivity contribution is -0.129. The standard InChI is InChI=1S/C21H23NO5/c1-4-11-22-18(14-8-5-6-9-15(14)27-13(2)3)17(20(24)21(22)25)19(23)16-10-7-12-26-16/h5-10,12-13,18,24H,4,11H2,1-3H3. The molecular formula is C21H23NO5. The molecule has 1 aromatic heterocycles. The van der Waals surface area contributed by atoms with Gasteiger partial charge in [0.2, 0.25) is 5.78 Å². The fourth-order valence-corrected chi connectivity index (χ4v) is 3.29. The Bertz CT molecular complexity index is 866. The van der Waals surface area contributed by atoms with Gasteiger partial charge >= 0.3 is 0 Å². The van der Waals surface area contributed by atoms with Crippen LogP contribution in [0, 0.1) is 0 Å². The summed E-state index contributed by atoms with van der Waals surface area (Å²) >= 11 is 0. The predicted molar refractivity (Wildman–Crippen MR) is 99.6 cm³/mol. The van der Waals surface area contributed by atoms with Crippen LogP contribution in [0.5, 0.6) is 5.75 Å². The number of ketones is 1. The molecule has 0 aliphatic carbocycles. The van der Waals surface area contributed by atoms with Crippen LogP contribution in [0.4, 0.5) is 0 Å². The van der Waals surface area contributed by atoms with Crippen molar-refractivity contribution in [1.82, 2.24) is 4.90 Å². The van der Waals surface area contributed by atoms with Crippen molar-refractivity contribution in [3.05, 3.63) is 65.3 Å². The van der Waals surface area contributed by atoms with Crippen molar-refractivity contribution in [1.29, 1.82) is 0 Å². The third-order valence-corrected chi connectivity index (χ3v) is 4.33. The SMILES string of the molecule is CCCN1C(=O)C(O)=C(C(=O)c2ccco2)C1c1ccccc1OC(C)C. The number of carbonyl (C=O) groups excluding carboxylic acids is 2. The second kappa shape index (κ2) is 7.70. The number of ether oxygens (including phenoxy) is 1. The lowest BCUT2D eigenvalue weighted by Gasteiger charge is -2.28. The highest BCUT2D eigenvalue weighted by Crippen LogP contribution is 2.42. The number of nitrogens with zero attached hydrogens (tertiary/aromatic N) is 1. The largest absolute Gasteiger partial charge is 0.503 e. The van der Waals surface area contributed by atoms with Crippen LogP contribution in [0.2, 0.25) is 0 Å².